The fraction of sp³-hybridized carbons (Fsp3) is 0.357. The van der Waals surface area contributed by atoms with E-state index in [0.717, 1.165) is 48.2 Å². The molecular weight excluding hydrogens is 226 g/mol. The number of H-pyrrole nitrogens is 1. The minimum atomic E-state index is -0.00271. The van der Waals surface area contributed by atoms with Crippen molar-refractivity contribution in [1.29, 1.82) is 0 Å². The first kappa shape index (κ1) is 11.1. The summed E-state index contributed by atoms with van der Waals surface area (Å²) in [5.74, 6) is 0.584. The Kier molecular flexibility index (Phi) is 2.70. The highest BCUT2D eigenvalue weighted by atomic mass is 16.1. The van der Waals surface area contributed by atoms with Gasteiger partial charge in [0.25, 0.3) is 5.56 Å². The van der Waals surface area contributed by atoms with Gasteiger partial charge in [-0.2, -0.15) is 0 Å². The van der Waals surface area contributed by atoms with E-state index < -0.39 is 0 Å². The van der Waals surface area contributed by atoms with Crippen LogP contribution in [0.1, 0.15) is 29.7 Å². The Balaban J connectivity index is 2.11. The molecular formula is C14H15N3O. The van der Waals surface area contributed by atoms with Crippen molar-refractivity contribution in [3.63, 3.8) is 0 Å². The van der Waals surface area contributed by atoms with Crippen LogP contribution in [0.25, 0.3) is 11.5 Å². The zero-order chi connectivity index (χ0) is 12.5. The van der Waals surface area contributed by atoms with Gasteiger partial charge in [0.1, 0.15) is 5.69 Å². The first-order chi connectivity index (χ1) is 8.74. The zero-order valence-corrected chi connectivity index (χ0v) is 10.4. The minimum Gasteiger partial charge on any atom is -0.305 e. The van der Waals surface area contributed by atoms with Crippen LogP contribution in [0.3, 0.4) is 0 Å². The van der Waals surface area contributed by atoms with E-state index >= 15 is 0 Å². The van der Waals surface area contributed by atoms with Crippen LogP contribution in [0.15, 0.2) is 23.1 Å². The van der Waals surface area contributed by atoms with E-state index in [1.54, 1.807) is 6.20 Å². The van der Waals surface area contributed by atoms with Crippen molar-refractivity contribution in [2.45, 2.75) is 32.6 Å². The first-order valence-corrected chi connectivity index (χ1v) is 6.29. The molecule has 4 nitrogen and oxygen atoms in total. The number of nitrogens with one attached hydrogen (secondary N) is 1. The molecule has 0 saturated carbocycles. The lowest BCUT2D eigenvalue weighted by atomic mass is 9.97. The number of fused-ring (bicyclic) bond motifs is 1. The molecule has 18 heavy (non-hydrogen) atoms. The van der Waals surface area contributed by atoms with Gasteiger partial charge in [0.2, 0.25) is 0 Å². The Labute approximate surface area is 105 Å². The van der Waals surface area contributed by atoms with Gasteiger partial charge in [-0.05, 0) is 44.2 Å². The third-order valence-corrected chi connectivity index (χ3v) is 3.35. The van der Waals surface area contributed by atoms with Crippen molar-refractivity contribution < 1.29 is 0 Å². The molecule has 4 heteroatoms. The lowest BCUT2D eigenvalue weighted by Crippen LogP contribution is -2.21. The second-order valence-electron chi connectivity index (χ2n) is 4.77. The number of aryl methyl sites for hydroxylation is 2. The molecule has 0 bridgehead atoms. The Morgan fingerprint density at radius 1 is 1.22 bits per heavy atom. The minimum absolute atomic E-state index is 0.00271. The van der Waals surface area contributed by atoms with Crippen LogP contribution in [0.5, 0.6) is 0 Å². The molecule has 1 aliphatic carbocycles. The van der Waals surface area contributed by atoms with E-state index in [-0.39, 0.29) is 5.56 Å². The molecule has 0 atom stereocenters. The van der Waals surface area contributed by atoms with E-state index in [1.807, 2.05) is 19.1 Å². The fourth-order valence-corrected chi connectivity index (χ4v) is 2.33. The maximum Gasteiger partial charge on any atom is 0.254 e. The van der Waals surface area contributed by atoms with E-state index in [2.05, 4.69) is 15.0 Å². The average molecular weight is 241 g/mol. The second-order valence-corrected chi connectivity index (χ2v) is 4.77. The van der Waals surface area contributed by atoms with Gasteiger partial charge in [0.05, 0.1) is 5.69 Å². The van der Waals surface area contributed by atoms with Crippen LogP contribution >= 0.6 is 0 Å². The molecule has 0 amide bonds. The normalized spacial score (nSPS) is 14.3. The predicted octanol–water partition coefficient (Wildman–Crippen LogP) is 2.02. The van der Waals surface area contributed by atoms with Crippen molar-refractivity contribution >= 4 is 0 Å². The maximum atomic E-state index is 12.0. The lowest BCUT2D eigenvalue weighted by Gasteiger charge is -2.14. The number of nitrogens with zero attached hydrogens (tertiary/aromatic N) is 2. The number of aromatic nitrogens is 3. The number of hydrogen-bond acceptors (Lipinski definition) is 3. The van der Waals surface area contributed by atoms with E-state index in [9.17, 15) is 4.79 Å². The van der Waals surface area contributed by atoms with Crippen molar-refractivity contribution in [2.24, 2.45) is 0 Å². The van der Waals surface area contributed by atoms with Crippen LogP contribution < -0.4 is 5.56 Å². The maximum absolute atomic E-state index is 12.0. The van der Waals surface area contributed by atoms with Crippen LogP contribution in [0, 0.1) is 6.92 Å². The Bertz CT molecular complexity index is 628. The molecule has 1 N–H and O–H groups in total. The summed E-state index contributed by atoms with van der Waals surface area (Å²) in [6, 6.07) is 3.87. The predicted molar refractivity (Wildman–Crippen MR) is 69.5 cm³/mol. The van der Waals surface area contributed by atoms with Gasteiger partial charge in [0, 0.05) is 11.8 Å². The summed E-state index contributed by atoms with van der Waals surface area (Å²) < 4.78 is 0. The number of hydrogen-bond donors (Lipinski definition) is 1. The average Bonchev–Trinajstić information content (AvgIpc) is 2.39. The van der Waals surface area contributed by atoms with E-state index in [4.69, 9.17) is 0 Å². The van der Waals surface area contributed by atoms with Crippen LogP contribution in [0.2, 0.25) is 0 Å². The monoisotopic (exact) mass is 241 g/mol. The summed E-state index contributed by atoms with van der Waals surface area (Å²) in [6.07, 6.45) is 5.73. The highest BCUT2D eigenvalue weighted by Gasteiger charge is 2.16. The molecule has 2 heterocycles. The highest BCUT2D eigenvalue weighted by molar-refractivity contribution is 5.49. The van der Waals surface area contributed by atoms with Gasteiger partial charge in [-0.15, -0.1) is 0 Å². The zero-order valence-electron chi connectivity index (χ0n) is 10.4. The molecule has 2 aromatic rings. The summed E-state index contributed by atoms with van der Waals surface area (Å²) in [7, 11) is 0. The molecule has 92 valence electrons. The molecule has 0 unspecified atom stereocenters. The standard InChI is InChI=1S/C14H15N3O/c1-9-6-7-12(15-8-9)13-16-11-5-3-2-4-10(11)14(18)17-13/h6-8H,2-5H2,1H3,(H,16,17,18). The van der Waals surface area contributed by atoms with Crippen LogP contribution in [-0.4, -0.2) is 15.0 Å². The molecule has 3 rings (SSSR count). The molecule has 0 spiro atoms. The molecule has 0 saturated heterocycles. The summed E-state index contributed by atoms with van der Waals surface area (Å²) in [5, 5.41) is 0. The topological polar surface area (TPSA) is 58.6 Å². The quantitative estimate of drug-likeness (QED) is 0.831. The molecule has 0 radical (unpaired) electrons. The summed E-state index contributed by atoms with van der Waals surface area (Å²) in [6.45, 7) is 1.99. The summed E-state index contributed by atoms with van der Waals surface area (Å²) >= 11 is 0. The van der Waals surface area contributed by atoms with Crippen molar-refractivity contribution in [3.05, 3.63) is 45.5 Å². The SMILES string of the molecule is Cc1ccc(-c2nc3c(c(=O)[nH]2)CCCC3)nc1. The van der Waals surface area contributed by atoms with Crippen LogP contribution in [0.4, 0.5) is 0 Å². The smallest absolute Gasteiger partial charge is 0.254 e. The van der Waals surface area contributed by atoms with Crippen molar-refractivity contribution in [1.82, 2.24) is 15.0 Å². The third-order valence-electron chi connectivity index (χ3n) is 3.35. The van der Waals surface area contributed by atoms with Gasteiger partial charge in [-0.3, -0.25) is 9.78 Å². The number of rotatable bonds is 1. The molecule has 0 aliphatic heterocycles. The van der Waals surface area contributed by atoms with Crippen molar-refractivity contribution in [3.8, 4) is 11.5 Å². The molecule has 1 aliphatic rings. The van der Waals surface area contributed by atoms with E-state index in [0.29, 0.717) is 5.82 Å². The second kappa shape index (κ2) is 4.37. The Morgan fingerprint density at radius 2 is 2.06 bits per heavy atom. The van der Waals surface area contributed by atoms with Gasteiger partial charge in [-0.25, -0.2) is 4.98 Å². The third kappa shape index (κ3) is 1.94. The molecule has 2 aromatic heterocycles. The number of pyridine rings is 1. The highest BCUT2D eigenvalue weighted by Crippen LogP contribution is 2.18. The van der Waals surface area contributed by atoms with Gasteiger partial charge < -0.3 is 4.98 Å². The summed E-state index contributed by atoms with van der Waals surface area (Å²) in [4.78, 5) is 23.7. The van der Waals surface area contributed by atoms with Gasteiger partial charge >= 0.3 is 0 Å². The first-order valence-electron chi connectivity index (χ1n) is 6.29. The van der Waals surface area contributed by atoms with Gasteiger partial charge in [0.15, 0.2) is 5.82 Å². The summed E-state index contributed by atoms with van der Waals surface area (Å²) in [5.41, 5.74) is 3.63. The lowest BCUT2D eigenvalue weighted by molar-refractivity contribution is 0.657. The fourth-order valence-electron chi connectivity index (χ4n) is 2.33. The molecule has 0 fully saturated rings. The van der Waals surface area contributed by atoms with Gasteiger partial charge in [-0.1, -0.05) is 6.07 Å². The van der Waals surface area contributed by atoms with Crippen molar-refractivity contribution in [2.75, 3.05) is 0 Å². The Hall–Kier alpha value is -1.97. The molecule has 0 aromatic carbocycles. The van der Waals surface area contributed by atoms with Crippen LogP contribution in [-0.2, 0) is 12.8 Å². The number of aromatic amines is 1. The largest absolute Gasteiger partial charge is 0.305 e. The van der Waals surface area contributed by atoms with E-state index in [1.165, 1.54) is 0 Å². The Morgan fingerprint density at radius 3 is 2.83 bits per heavy atom.